The predicted molar refractivity (Wildman–Crippen MR) is 103 cm³/mol. The highest BCUT2D eigenvalue weighted by atomic mass is 16.5. The summed E-state index contributed by atoms with van der Waals surface area (Å²) in [6.45, 7) is 5.96. The number of aliphatic carboxylic acids is 1. The largest absolute Gasteiger partial charge is 0.490 e. The summed E-state index contributed by atoms with van der Waals surface area (Å²) in [5, 5.41) is 11.5. The number of benzene rings is 2. The number of ether oxygens (including phenoxy) is 2. The van der Waals surface area contributed by atoms with Crippen LogP contribution in [0.3, 0.4) is 0 Å². The predicted octanol–water partition coefficient (Wildman–Crippen LogP) is 3.53. The Kier molecular flexibility index (Phi) is 7.00. The smallest absolute Gasteiger partial charge is 0.352 e. The third-order valence-electron chi connectivity index (χ3n) is 3.76. The van der Waals surface area contributed by atoms with E-state index in [2.05, 4.69) is 5.32 Å². The lowest BCUT2D eigenvalue weighted by Crippen LogP contribution is -2.24. The Bertz CT molecular complexity index is 857. The van der Waals surface area contributed by atoms with E-state index in [0.29, 0.717) is 30.3 Å². The second-order valence-electron chi connectivity index (χ2n) is 5.90. The van der Waals surface area contributed by atoms with Crippen molar-refractivity contribution in [3.8, 4) is 11.5 Å². The van der Waals surface area contributed by atoms with Crippen molar-refractivity contribution >= 4 is 18.0 Å². The van der Waals surface area contributed by atoms with Gasteiger partial charge in [-0.15, -0.1) is 0 Å². The lowest BCUT2D eigenvalue weighted by Gasteiger charge is -2.14. The number of rotatable bonds is 8. The van der Waals surface area contributed by atoms with E-state index in [1.807, 2.05) is 38.1 Å². The van der Waals surface area contributed by atoms with Gasteiger partial charge in [-0.25, -0.2) is 4.79 Å². The van der Waals surface area contributed by atoms with Gasteiger partial charge < -0.3 is 19.9 Å². The quantitative estimate of drug-likeness (QED) is 0.695. The van der Waals surface area contributed by atoms with Crippen molar-refractivity contribution in [1.29, 1.82) is 0 Å². The van der Waals surface area contributed by atoms with Gasteiger partial charge in [0.05, 0.1) is 6.61 Å². The van der Waals surface area contributed by atoms with Crippen LogP contribution in [0, 0.1) is 6.92 Å². The Hall–Kier alpha value is -3.28. The molecule has 0 aliphatic heterocycles. The highest BCUT2D eigenvalue weighted by Crippen LogP contribution is 2.30. The van der Waals surface area contributed by atoms with Crippen LogP contribution in [0.2, 0.25) is 0 Å². The maximum absolute atomic E-state index is 11.3. The van der Waals surface area contributed by atoms with Crippen LogP contribution in [0.4, 0.5) is 0 Å². The summed E-state index contributed by atoms with van der Waals surface area (Å²) in [4.78, 5) is 22.4. The van der Waals surface area contributed by atoms with Gasteiger partial charge in [0.1, 0.15) is 12.3 Å². The van der Waals surface area contributed by atoms with E-state index < -0.39 is 11.9 Å². The molecule has 0 radical (unpaired) electrons. The molecule has 6 nitrogen and oxygen atoms in total. The maximum Gasteiger partial charge on any atom is 0.352 e. The lowest BCUT2D eigenvalue weighted by molar-refractivity contribution is -0.134. The minimum Gasteiger partial charge on any atom is -0.490 e. The zero-order valence-corrected chi connectivity index (χ0v) is 15.6. The molecular weight excluding hydrogens is 346 g/mol. The Labute approximate surface area is 158 Å². The van der Waals surface area contributed by atoms with Gasteiger partial charge in [-0.2, -0.15) is 0 Å². The molecule has 0 saturated heterocycles. The van der Waals surface area contributed by atoms with Gasteiger partial charge in [-0.3, -0.25) is 4.79 Å². The van der Waals surface area contributed by atoms with Crippen LogP contribution in [0.5, 0.6) is 11.5 Å². The van der Waals surface area contributed by atoms with Crippen molar-refractivity contribution in [2.24, 2.45) is 0 Å². The maximum atomic E-state index is 11.3. The van der Waals surface area contributed by atoms with E-state index in [0.717, 1.165) is 11.1 Å². The topological polar surface area (TPSA) is 84.9 Å². The number of carbonyl (C=O) groups is 2. The van der Waals surface area contributed by atoms with Crippen molar-refractivity contribution < 1.29 is 24.2 Å². The van der Waals surface area contributed by atoms with Gasteiger partial charge >= 0.3 is 5.97 Å². The molecule has 2 N–H and O–H groups in total. The Morgan fingerprint density at radius 3 is 2.48 bits per heavy atom. The Morgan fingerprint density at radius 2 is 1.85 bits per heavy atom. The molecule has 2 aromatic carbocycles. The first-order valence-electron chi connectivity index (χ1n) is 8.57. The van der Waals surface area contributed by atoms with Crippen molar-refractivity contribution in [2.75, 3.05) is 6.61 Å². The van der Waals surface area contributed by atoms with Crippen LogP contribution in [0.25, 0.3) is 6.08 Å². The fourth-order valence-corrected chi connectivity index (χ4v) is 2.44. The van der Waals surface area contributed by atoms with Crippen LogP contribution < -0.4 is 14.8 Å². The van der Waals surface area contributed by atoms with Gasteiger partial charge in [-0.1, -0.05) is 30.3 Å². The molecule has 0 saturated carbocycles. The standard InChI is InChI=1S/C21H23NO5/c1-4-26-20-12-16(11-18(21(24)25)22-15(3)23)9-10-19(20)27-13-17-8-6-5-7-14(17)2/h5-12H,4,13H2,1-3H3,(H,22,23)(H,24,25)/b18-11+. The summed E-state index contributed by atoms with van der Waals surface area (Å²) in [6, 6.07) is 13.1. The summed E-state index contributed by atoms with van der Waals surface area (Å²) in [5.41, 5.74) is 2.57. The number of hydrogen-bond acceptors (Lipinski definition) is 4. The monoisotopic (exact) mass is 369 g/mol. The number of amides is 1. The van der Waals surface area contributed by atoms with Gasteiger partial charge in [0, 0.05) is 6.92 Å². The minimum atomic E-state index is -1.22. The molecule has 142 valence electrons. The zero-order chi connectivity index (χ0) is 19.8. The van der Waals surface area contributed by atoms with Crippen LogP contribution in [0.1, 0.15) is 30.5 Å². The highest BCUT2D eigenvalue weighted by Gasteiger charge is 2.11. The summed E-state index contributed by atoms with van der Waals surface area (Å²) in [6.07, 6.45) is 1.37. The van der Waals surface area contributed by atoms with E-state index in [1.54, 1.807) is 18.2 Å². The van der Waals surface area contributed by atoms with Crippen molar-refractivity contribution in [3.63, 3.8) is 0 Å². The van der Waals surface area contributed by atoms with Crippen LogP contribution in [0.15, 0.2) is 48.2 Å². The van der Waals surface area contributed by atoms with Gasteiger partial charge in [0.25, 0.3) is 0 Å². The number of nitrogens with one attached hydrogen (secondary N) is 1. The highest BCUT2D eigenvalue weighted by molar-refractivity contribution is 5.96. The molecule has 6 heteroatoms. The molecule has 27 heavy (non-hydrogen) atoms. The molecule has 0 unspecified atom stereocenters. The van der Waals surface area contributed by atoms with Crippen LogP contribution in [-0.2, 0) is 16.2 Å². The van der Waals surface area contributed by atoms with Crippen LogP contribution in [-0.4, -0.2) is 23.6 Å². The van der Waals surface area contributed by atoms with E-state index in [9.17, 15) is 14.7 Å². The van der Waals surface area contributed by atoms with E-state index >= 15 is 0 Å². The molecule has 2 rings (SSSR count). The fourth-order valence-electron chi connectivity index (χ4n) is 2.44. The molecule has 1 amide bonds. The average molecular weight is 369 g/mol. The van der Waals surface area contributed by atoms with Gasteiger partial charge in [0.2, 0.25) is 5.91 Å². The first kappa shape index (κ1) is 20.0. The normalized spacial score (nSPS) is 11.0. The second kappa shape index (κ2) is 9.43. The fraction of sp³-hybridized carbons (Fsp3) is 0.238. The summed E-state index contributed by atoms with van der Waals surface area (Å²) < 4.78 is 11.5. The molecule has 0 aliphatic rings. The summed E-state index contributed by atoms with van der Waals surface area (Å²) >= 11 is 0. The number of carboxylic acid groups (broad SMARTS) is 1. The molecule has 0 fully saturated rings. The second-order valence-corrected chi connectivity index (χ2v) is 5.90. The van der Waals surface area contributed by atoms with Crippen molar-refractivity contribution in [1.82, 2.24) is 5.32 Å². The van der Waals surface area contributed by atoms with Gasteiger partial charge in [0.15, 0.2) is 11.5 Å². The third-order valence-corrected chi connectivity index (χ3v) is 3.76. The zero-order valence-electron chi connectivity index (χ0n) is 15.6. The number of carbonyl (C=O) groups excluding carboxylic acids is 1. The molecular formula is C21H23NO5. The van der Waals surface area contributed by atoms with Gasteiger partial charge in [-0.05, 0) is 48.7 Å². The van der Waals surface area contributed by atoms with Crippen LogP contribution >= 0.6 is 0 Å². The molecule has 0 heterocycles. The number of carboxylic acids is 1. The van der Waals surface area contributed by atoms with Crippen molar-refractivity contribution in [2.45, 2.75) is 27.4 Å². The molecule has 0 spiro atoms. The number of hydrogen-bond donors (Lipinski definition) is 2. The SMILES string of the molecule is CCOc1cc(/C=C(/NC(C)=O)C(=O)O)ccc1OCc1ccccc1C. The first-order valence-corrected chi connectivity index (χ1v) is 8.57. The molecule has 2 aromatic rings. The molecule has 0 aromatic heterocycles. The molecule has 0 bridgehead atoms. The van der Waals surface area contributed by atoms with E-state index in [1.165, 1.54) is 13.0 Å². The number of aryl methyl sites for hydroxylation is 1. The third kappa shape index (κ3) is 5.88. The van der Waals surface area contributed by atoms with Crippen molar-refractivity contribution in [3.05, 3.63) is 64.9 Å². The summed E-state index contributed by atoms with van der Waals surface area (Å²) in [7, 11) is 0. The minimum absolute atomic E-state index is 0.210. The first-order chi connectivity index (χ1) is 12.9. The Balaban J connectivity index is 2.26. The lowest BCUT2D eigenvalue weighted by atomic mass is 10.1. The summed E-state index contributed by atoms with van der Waals surface area (Å²) in [5.74, 6) is -0.601. The van der Waals surface area contributed by atoms with E-state index in [-0.39, 0.29) is 5.70 Å². The molecule has 0 aliphatic carbocycles. The average Bonchev–Trinajstić information content (AvgIpc) is 2.61. The Morgan fingerprint density at radius 1 is 1.11 bits per heavy atom. The van der Waals surface area contributed by atoms with E-state index in [4.69, 9.17) is 9.47 Å². The molecule has 0 atom stereocenters.